The van der Waals surface area contributed by atoms with E-state index in [9.17, 15) is 4.79 Å². The lowest BCUT2D eigenvalue weighted by Gasteiger charge is -2.26. The van der Waals surface area contributed by atoms with Crippen molar-refractivity contribution in [3.05, 3.63) is 39.5 Å². The molecule has 0 fully saturated rings. The van der Waals surface area contributed by atoms with Crippen molar-refractivity contribution in [1.29, 1.82) is 0 Å². The normalized spacial score (nSPS) is 15.7. The SMILES string of the molecule is CN1CCc2nc3c(Br)cccc3c(C=O)c2C1. The van der Waals surface area contributed by atoms with Gasteiger partial charge in [0.1, 0.15) is 0 Å². The summed E-state index contributed by atoms with van der Waals surface area (Å²) in [6, 6.07) is 5.87. The van der Waals surface area contributed by atoms with E-state index in [0.29, 0.717) is 0 Å². The third-order valence-corrected chi connectivity index (χ3v) is 4.11. The summed E-state index contributed by atoms with van der Waals surface area (Å²) >= 11 is 3.51. The number of halogens is 1. The molecule has 0 N–H and O–H groups in total. The van der Waals surface area contributed by atoms with Crippen LogP contribution in [0.2, 0.25) is 0 Å². The zero-order chi connectivity index (χ0) is 12.7. The molecule has 3 rings (SSSR count). The van der Waals surface area contributed by atoms with Gasteiger partial charge in [0.15, 0.2) is 6.29 Å². The molecule has 4 heteroatoms. The summed E-state index contributed by atoms with van der Waals surface area (Å²) < 4.78 is 0.949. The third-order valence-electron chi connectivity index (χ3n) is 3.47. The Morgan fingerprint density at radius 2 is 2.28 bits per heavy atom. The van der Waals surface area contributed by atoms with Crippen LogP contribution in [0.1, 0.15) is 21.6 Å². The third kappa shape index (κ3) is 1.76. The van der Waals surface area contributed by atoms with Crippen LogP contribution >= 0.6 is 15.9 Å². The largest absolute Gasteiger partial charge is 0.302 e. The summed E-state index contributed by atoms with van der Waals surface area (Å²) in [7, 11) is 2.07. The summed E-state index contributed by atoms with van der Waals surface area (Å²) in [5.41, 5.74) is 3.84. The molecule has 0 radical (unpaired) electrons. The molecule has 0 spiro atoms. The van der Waals surface area contributed by atoms with E-state index in [2.05, 4.69) is 27.9 Å². The number of fused-ring (bicyclic) bond motifs is 2. The van der Waals surface area contributed by atoms with Crippen LogP contribution in [0.25, 0.3) is 10.9 Å². The average molecular weight is 305 g/mol. The second-order valence-corrected chi connectivity index (χ2v) is 5.55. The van der Waals surface area contributed by atoms with Crippen molar-refractivity contribution >= 4 is 33.1 Å². The maximum absolute atomic E-state index is 11.4. The Morgan fingerprint density at radius 3 is 3.06 bits per heavy atom. The average Bonchev–Trinajstić information content (AvgIpc) is 2.37. The Balaban J connectivity index is 2.37. The lowest BCUT2D eigenvalue weighted by Crippen LogP contribution is -2.28. The first-order valence-corrected chi connectivity index (χ1v) is 6.73. The van der Waals surface area contributed by atoms with Gasteiger partial charge in [-0.1, -0.05) is 12.1 Å². The number of hydrogen-bond acceptors (Lipinski definition) is 3. The van der Waals surface area contributed by atoms with Crippen LogP contribution in [0.3, 0.4) is 0 Å². The monoisotopic (exact) mass is 304 g/mol. The van der Waals surface area contributed by atoms with E-state index in [1.807, 2.05) is 18.2 Å². The molecule has 0 unspecified atom stereocenters. The molecule has 1 aromatic carbocycles. The first-order chi connectivity index (χ1) is 8.70. The van der Waals surface area contributed by atoms with Crippen molar-refractivity contribution in [2.45, 2.75) is 13.0 Å². The molecular weight excluding hydrogens is 292 g/mol. The number of rotatable bonds is 1. The highest BCUT2D eigenvalue weighted by Gasteiger charge is 2.20. The fraction of sp³-hybridized carbons (Fsp3) is 0.286. The van der Waals surface area contributed by atoms with Gasteiger partial charge in [-0.15, -0.1) is 0 Å². The molecule has 0 atom stereocenters. The number of pyridine rings is 1. The number of hydrogen-bond donors (Lipinski definition) is 0. The fourth-order valence-corrected chi connectivity index (χ4v) is 2.99. The molecule has 0 aliphatic carbocycles. The van der Waals surface area contributed by atoms with E-state index in [1.165, 1.54) is 0 Å². The molecular formula is C14H13BrN2O. The number of aromatic nitrogens is 1. The molecule has 2 aromatic rings. The van der Waals surface area contributed by atoms with Gasteiger partial charge in [0.2, 0.25) is 0 Å². The van der Waals surface area contributed by atoms with Gasteiger partial charge in [-0.25, -0.2) is 0 Å². The van der Waals surface area contributed by atoms with E-state index in [0.717, 1.165) is 58.0 Å². The molecule has 1 aromatic heterocycles. The molecule has 0 saturated heterocycles. The van der Waals surface area contributed by atoms with Crippen LogP contribution in [-0.2, 0) is 13.0 Å². The minimum atomic E-state index is 0.794. The highest BCUT2D eigenvalue weighted by Crippen LogP contribution is 2.30. The molecule has 1 aliphatic heterocycles. The Kier molecular flexibility index (Phi) is 2.92. The first-order valence-electron chi connectivity index (χ1n) is 5.94. The summed E-state index contributed by atoms with van der Waals surface area (Å²) in [4.78, 5) is 18.4. The number of aldehydes is 1. The number of nitrogens with zero attached hydrogens (tertiary/aromatic N) is 2. The van der Waals surface area contributed by atoms with Gasteiger partial charge in [0.25, 0.3) is 0 Å². The number of likely N-dealkylation sites (N-methyl/N-ethyl adjacent to an activating group) is 1. The zero-order valence-electron chi connectivity index (χ0n) is 10.1. The van der Waals surface area contributed by atoms with Crippen molar-refractivity contribution in [2.24, 2.45) is 0 Å². The van der Waals surface area contributed by atoms with Crippen LogP contribution < -0.4 is 0 Å². The molecule has 1 aliphatic rings. The standard InChI is InChI=1S/C14H13BrN2O/c1-17-6-5-13-10(7-17)11(8-18)9-3-2-4-12(15)14(9)16-13/h2-4,8H,5-7H2,1H3. The Morgan fingerprint density at radius 1 is 1.44 bits per heavy atom. The Labute approximate surface area is 114 Å². The van der Waals surface area contributed by atoms with E-state index in [1.54, 1.807) is 0 Å². The minimum absolute atomic E-state index is 0.794. The number of benzene rings is 1. The molecule has 0 bridgehead atoms. The first kappa shape index (κ1) is 11.8. The predicted octanol–water partition coefficient (Wildman–Crippen LogP) is 2.80. The maximum Gasteiger partial charge on any atom is 0.151 e. The summed E-state index contributed by atoms with van der Waals surface area (Å²) in [6.45, 7) is 1.80. The Bertz CT molecular complexity index is 639. The topological polar surface area (TPSA) is 33.2 Å². The fourth-order valence-electron chi connectivity index (χ4n) is 2.53. The molecule has 2 heterocycles. The van der Waals surface area contributed by atoms with Crippen molar-refractivity contribution in [1.82, 2.24) is 9.88 Å². The smallest absolute Gasteiger partial charge is 0.151 e. The molecule has 92 valence electrons. The van der Waals surface area contributed by atoms with Gasteiger partial charge in [0, 0.05) is 40.6 Å². The van der Waals surface area contributed by atoms with Crippen molar-refractivity contribution in [3.8, 4) is 0 Å². The van der Waals surface area contributed by atoms with Crippen LogP contribution in [0.4, 0.5) is 0 Å². The number of carbonyl (C=O) groups is 1. The zero-order valence-corrected chi connectivity index (χ0v) is 11.7. The number of para-hydroxylation sites is 1. The Hall–Kier alpha value is -1.26. The number of carbonyl (C=O) groups excluding carboxylic acids is 1. The summed E-state index contributed by atoms with van der Waals surface area (Å²) in [5.74, 6) is 0. The quantitative estimate of drug-likeness (QED) is 0.760. The van der Waals surface area contributed by atoms with Gasteiger partial charge in [0.05, 0.1) is 5.52 Å². The lowest BCUT2D eigenvalue weighted by atomic mass is 9.97. The lowest BCUT2D eigenvalue weighted by molar-refractivity contribution is 0.112. The van der Waals surface area contributed by atoms with Gasteiger partial charge in [-0.2, -0.15) is 0 Å². The van der Waals surface area contributed by atoms with Crippen LogP contribution in [0, 0.1) is 0 Å². The van der Waals surface area contributed by atoms with Gasteiger partial charge >= 0.3 is 0 Å². The summed E-state index contributed by atoms with van der Waals surface area (Å²) in [5, 5.41) is 0.938. The predicted molar refractivity (Wildman–Crippen MR) is 74.9 cm³/mol. The van der Waals surface area contributed by atoms with Crippen LogP contribution in [0.15, 0.2) is 22.7 Å². The highest BCUT2D eigenvalue weighted by atomic mass is 79.9. The van der Waals surface area contributed by atoms with Gasteiger partial charge in [-0.05, 0) is 34.6 Å². The van der Waals surface area contributed by atoms with E-state index in [4.69, 9.17) is 4.98 Å². The van der Waals surface area contributed by atoms with Crippen molar-refractivity contribution < 1.29 is 4.79 Å². The molecule has 0 amide bonds. The van der Waals surface area contributed by atoms with Gasteiger partial charge < -0.3 is 4.90 Å². The second kappa shape index (κ2) is 4.44. The highest BCUT2D eigenvalue weighted by molar-refractivity contribution is 9.10. The van der Waals surface area contributed by atoms with Crippen LogP contribution in [-0.4, -0.2) is 29.8 Å². The second-order valence-electron chi connectivity index (χ2n) is 4.69. The summed E-state index contributed by atoms with van der Waals surface area (Å²) in [6.07, 6.45) is 1.87. The van der Waals surface area contributed by atoms with Crippen molar-refractivity contribution in [2.75, 3.05) is 13.6 Å². The van der Waals surface area contributed by atoms with Gasteiger partial charge in [-0.3, -0.25) is 9.78 Å². The van der Waals surface area contributed by atoms with E-state index >= 15 is 0 Å². The molecule has 3 nitrogen and oxygen atoms in total. The molecule has 0 saturated carbocycles. The maximum atomic E-state index is 11.4. The van der Waals surface area contributed by atoms with Crippen molar-refractivity contribution in [3.63, 3.8) is 0 Å². The minimum Gasteiger partial charge on any atom is -0.302 e. The van der Waals surface area contributed by atoms with Crippen LogP contribution in [0.5, 0.6) is 0 Å². The van der Waals surface area contributed by atoms with E-state index < -0.39 is 0 Å². The van der Waals surface area contributed by atoms with E-state index in [-0.39, 0.29) is 0 Å². The molecule has 18 heavy (non-hydrogen) atoms.